The third kappa shape index (κ3) is 5.30. The molecule has 0 fully saturated rings. The van der Waals surface area contributed by atoms with Crippen LogP contribution in [0.2, 0.25) is 0 Å². The van der Waals surface area contributed by atoms with Crippen LogP contribution in [0.25, 0.3) is 11.1 Å². The second-order valence-electron chi connectivity index (χ2n) is 6.27. The predicted molar refractivity (Wildman–Crippen MR) is 101 cm³/mol. The first-order valence-corrected chi connectivity index (χ1v) is 8.69. The van der Waals surface area contributed by atoms with Gasteiger partial charge in [0, 0.05) is 12.2 Å². The first-order chi connectivity index (χ1) is 12.0. The summed E-state index contributed by atoms with van der Waals surface area (Å²) in [6.45, 7) is 7.80. The topological polar surface area (TPSA) is 46.5 Å². The lowest BCUT2D eigenvalue weighted by molar-refractivity contribution is -0.140. The summed E-state index contributed by atoms with van der Waals surface area (Å²) in [7, 11) is 0. The van der Waals surface area contributed by atoms with Crippen LogP contribution in [0.5, 0.6) is 0 Å². The van der Waals surface area contributed by atoms with Crippen LogP contribution in [0.3, 0.4) is 0 Å². The molecule has 0 heterocycles. The minimum absolute atomic E-state index is 0.146. The van der Waals surface area contributed by atoms with E-state index in [-0.39, 0.29) is 19.2 Å². The quantitative estimate of drug-likeness (QED) is 0.571. The normalized spacial score (nSPS) is 10.5. The monoisotopic (exact) mass is 338 g/mol. The molecule has 0 bridgehead atoms. The van der Waals surface area contributed by atoms with Crippen LogP contribution in [0, 0.1) is 0 Å². The number of benzene rings is 2. The molecule has 0 radical (unpaired) electrons. The van der Waals surface area contributed by atoms with Crippen LogP contribution in [0.1, 0.15) is 37.0 Å². The molecule has 0 aliphatic heterocycles. The number of rotatable bonds is 8. The van der Waals surface area contributed by atoms with E-state index >= 15 is 0 Å². The van der Waals surface area contributed by atoms with Crippen molar-refractivity contribution in [1.82, 2.24) is 0 Å². The SMILES string of the molecule is C=C(C)C(=O)OCc1cc(CCC)ccc1-c1ccc(CCO)cc1. The van der Waals surface area contributed by atoms with Gasteiger partial charge in [-0.15, -0.1) is 0 Å². The zero-order chi connectivity index (χ0) is 18.2. The van der Waals surface area contributed by atoms with Crippen molar-refractivity contribution in [1.29, 1.82) is 0 Å². The summed E-state index contributed by atoms with van der Waals surface area (Å²) in [6.07, 6.45) is 2.72. The highest BCUT2D eigenvalue weighted by Gasteiger charge is 2.10. The van der Waals surface area contributed by atoms with Gasteiger partial charge in [-0.3, -0.25) is 0 Å². The summed E-state index contributed by atoms with van der Waals surface area (Å²) in [5.41, 5.74) is 5.87. The molecule has 0 aliphatic carbocycles. The average Bonchev–Trinajstić information content (AvgIpc) is 2.61. The molecule has 0 aromatic heterocycles. The van der Waals surface area contributed by atoms with Gasteiger partial charge in [0.05, 0.1) is 0 Å². The number of ether oxygens (including phenoxy) is 1. The van der Waals surface area contributed by atoms with E-state index in [1.165, 1.54) is 5.56 Å². The van der Waals surface area contributed by atoms with Crippen molar-refractivity contribution >= 4 is 5.97 Å². The molecule has 0 unspecified atom stereocenters. The highest BCUT2D eigenvalue weighted by Crippen LogP contribution is 2.27. The molecule has 2 aromatic carbocycles. The Hall–Kier alpha value is -2.39. The smallest absolute Gasteiger partial charge is 0.333 e. The first kappa shape index (κ1) is 18.9. The number of hydrogen-bond donors (Lipinski definition) is 1. The van der Waals surface area contributed by atoms with Crippen LogP contribution >= 0.6 is 0 Å². The summed E-state index contributed by atoms with van der Waals surface area (Å²) in [4.78, 5) is 11.7. The third-order valence-corrected chi connectivity index (χ3v) is 4.08. The van der Waals surface area contributed by atoms with Gasteiger partial charge in [-0.25, -0.2) is 4.79 Å². The molecule has 2 aromatic rings. The zero-order valence-corrected chi connectivity index (χ0v) is 15.0. The fourth-order valence-corrected chi connectivity index (χ4v) is 2.74. The number of esters is 1. The molecule has 0 atom stereocenters. The van der Waals surface area contributed by atoms with E-state index in [1.807, 2.05) is 24.3 Å². The Morgan fingerprint density at radius 1 is 1.08 bits per heavy atom. The van der Waals surface area contributed by atoms with Crippen molar-refractivity contribution < 1.29 is 14.6 Å². The van der Waals surface area contributed by atoms with Crippen LogP contribution < -0.4 is 0 Å². The molecular formula is C22H26O3. The van der Waals surface area contributed by atoms with E-state index < -0.39 is 0 Å². The Labute approximate surface area is 150 Å². The van der Waals surface area contributed by atoms with Crippen molar-refractivity contribution in [3.05, 3.63) is 71.3 Å². The summed E-state index contributed by atoms with van der Waals surface area (Å²) in [6, 6.07) is 14.5. The second kappa shape index (κ2) is 9.19. The van der Waals surface area contributed by atoms with Crippen molar-refractivity contribution in [2.45, 2.75) is 39.7 Å². The van der Waals surface area contributed by atoms with Gasteiger partial charge in [-0.2, -0.15) is 0 Å². The van der Waals surface area contributed by atoms with Gasteiger partial charge < -0.3 is 9.84 Å². The maximum Gasteiger partial charge on any atom is 0.333 e. The molecule has 2 rings (SSSR count). The van der Waals surface area contributed by atoms with Crippen molar-refractivity contribution in [3.63, 3.8) is 0 Å². The Balaban J connectivity index is 2.31. The van der Waals surface area contributed by atoms with Gasteiger partial charge in [0.2, 0.25) is 0 Å². The molecule has 132 valence electrons. The van der Waals surface area contributed by atoms with Crippen LogP contribution in [-0.2, 0) is 29.0 Å². The van der Waals surface area contributed by atoms with Gasteiger partial charge in [-0.05, 0) is 47.6 Å². The molecule has 3 heteroatoms. The van der Waals surface area contributed by atoms with Crippen molar-refractivity contribution in [2.24, 2.45) is 0 Å². The minimum Gasteiger partial charge on any atom is -0.457 e. The second-order valence-corrected chi connectivity index (χ2v) is 6.27. The third-order valence-electron chi connectivity index (χ3n) is 4.08. The maximum atomic E-state index is 11.7. The number of hydrogen-bond acceptors (Lipinski definition) is 3. The molecule has 1 N–H and O–H groups in total. The molecule has 0 aliphatic rings. The lowest BCUT2D eigenvalue weighted by Crippen LogP contribution is -2.06. The van der Waals surface area contributed by atoms with Crippen molar-refractivity contribution in [3.8, 4) is 11.1 Å². The molecule has 0 saturated carbocycles. The molecule has 3 nitrogen and oxygen atoms in total. The first-order valence-electron chi connectivity index (χ1n) is 8.69. The standard InChI is InChI=1S/C22H26O3/c1-4-5-18-8-11-21(19-9-6-17(7-10-19)12-13-23)20(14-18)15-25-22(24)16(2)3/h6-11,14,23H,2,4-5,12-13,15H2,1,3H3. The van der Waals surface area contributed by atoms with E-state index in [1.54, 1.807) is 6.92 Å². The molecule has 0 saturated heterocycles. The van der Waals surface area contributed by atoms with Gasteiger partial charge in [0.25, 0.3) is 0 Å². The maximum absolute atomic E-state index is 11.7. The van der Waals surface area contributed by atoms with E-state index in [0.29, 0.717) is 12.0 Å². The minimum atomic E-state index is -0.370. The summed E-state index contributed by atoms with van der Waals surface area (Å²) >= 11 is 0. The number of aliphatic hydroxyl groups is 1. The van der Waals surface area contributed by atoms with E-state index in [0.717, 1.165) is 35.1 Å². The summed E-state index contributed by atoms with van der Waals surface area (Å²) in [5, 5.41) is 9.04. The fourth-order valence-electron chi connectivity index (χ4n) is 2.74. The van der Waals surface area contributed by atoms with Gasteiger partial charge >= 0.3 is 5.97 Å². The van der Waals surface area contributed by atoms with Gasteiger partial charge in [0.1, 0.15) is 6.61 Å². The highest BCUT2D eigenvalue weighted by atomic mass is 16.5. The average molecular weight is 338 g/mol. The lowest BCUT2D eigenvalue weighted by Gasteiger charge is -2.13. The largest absolute Gasteiger partial charge is 0.457 e. The predicted octanol–water partition coefficient (Wildman–Crippen LogP) is 4.46. The highest BCUT2D eigenvalue weighted by molar-refractivity contribution is 5.87. The van der Waals surface area contributed by atoms with E-state index in [9.17, 15) is 4.79 Å². The van der Waals surface area contributed by atoms with Crippen LogP contribution in [-0.4, -0.2) is 17.7 Å². The van der Waals surface area contributed by atoms with E-state index in [4.69, 9.17) is 9.84 Å². The molecule has 0 amide bonds. The number of aryl methyl sites for hydroxylation is 1. The van der Waals surface area contributed by atoms with Crippen molar-refractivity contribution in [2.75, 3.05) is 6.61 Å². The Kier molecular flexibility index (Phi) is 6.96. The Morgan fingerprint density at radius 3 is 2.36 bits per heavy atom. The number of carbonyl (C=O) groups is 1. The van der Waals surface area contributed by atoms with Crippen LogP contribution in [0.4, 0.5) is 0 Å². The van der Waals surface area contributed by atoms with Crippen LogP contribution in [0.15, 0.2) is 54.6 Å². The number of carbonyl (C=O) groups excluding carboxylic acids is 1. The van der Waals surface area contributed by atoms with Gasteiger partial charge in [0.15, 0.2) is 0 Å². The molecule has 25 heavy (non-hydrogen) atoms. The summed E-state index contributed by atoms with van der Waals surface area (Å²) < 4.78 is 5.38. The number of aliphatic hydroxyl groups excluding tert-OH is 1. The molecular weight excluding hydrogens is 312 g/mol. The van der Waals surface area contributed by atoms with E-state index in [2.05, 4.69) is 31.7 Å². The van der Waals surface area contributed by atoms with Gasteiger partial charge in [-0.1, -0.05) is 62.4 Å². The lowest BCUT2D eigenvalue weighted by atomic mass is 9.95. The Bertz CT molecular complexity index is 729. The summed E-state index contributed by atoms with van der Waals surface area (Å²) in [5.74, 6) is -0.370. The zero-order valence-electron chi connectivity index (χ0n) is 15.0. The molecule has 0 spiro atoms. The fraction of sp³-hybridized carbons (Fsp3) is 0.318. The Morgan fingerprint density at radius 2 is 1.76 bits per heavy atom.